The first-order valence-electron chi connectivity index (χ1n) is 6.51. The summed E-state index contributed by atoms with van der Waals surface area (Å²) in [5, 5.41) is 3.39. The van der Waals surface area contributed by atoms with E-state index in [9.17, 15) is 4.79 Å². The number of rotatable bonds is 1. The number of carbonyl (C=O) groups excluding carboxylic acids is 1. The zero-order valence-corrected chi connectivity index (χ0v) is 10.0. The molecule has 2 heterocycles. The lowest BCUT2D eigenvalue weighted by atomic mass is 9.99. The van der Waals surface area contributed by atoms with E-state index >= 15 is 0 Å². The number of hydrogen-bond acceptors (Lipinski definition) is 2. The lowest BCUT2D eigenvalue weighted by Gasteiger charge is -2.23. The number of aryl methyl sites for hydroxylation is 1. The Labute approximate surface area is 102 Å². The minimum atomic E-state index is 0.203. The van der Waals surface area contributed by atoms with Gasteiger partial charge >= 0.3 is 0 Å². The van der Waals surface area contributed by atoms with E-state index in [-0.39, 0.29) is 5.91 Å². The van der Waals surface area contributed by atoms with Crippen LogP contribution in [0.1, 0.15) is 35.2 Å². The molecule has 0 spiro atoms. The highest BCUT2D eigenvalue weighted by Gasteiger charge is 2.23. The maximum atomic E-state index is 12.4. The average molecular weight is 230 g/mol. The molecule has 1 saturated heterocycles. The largest absolute Gasteiger partial charge is 0.384 e. The molecule has 17 heavy (non-hydrogen) atoms. The Kier molecular flexibility index (Phi) is 2.75. The van der Waals surface area contributed by atoms with Crippen LogP contribution in [0.2, 0.25) is 0 Å². The van der Waals surface area contributed by atoms with Gasteiger partial charge in [-0.15, -0.1) is 0 Å². The average Bonchev–Trinajstić information content (AvgIpc) is 2.91. The highest BCUT2D eigenvalue weighted by atomic mass is 16.2. The molecule has 0 aliphatic carbocycles. The Bertz CT molecular complexity index is 436. The van der Waals surface area contributed by atoms with Crippen molar-refractivity contribution in [3.05, 3.63) is 29.3 Å². The van der Waals surface area contributed by atoms with E-state index in [1.165, 1.54) is 5.56 Å². The van der Waals surface area contributed by atoms with Crippen LogP contribution in [-0.4, -0.2) is 30.4 Å². The second kappa shape index (κ2) is 4.40. The molecule has 90 valence electrons. The topological polar surface area (TPSA) is 32.3 Å². The Balaban J connectivity index is 1.94. The lowest BCUT2D eigenvalue weighted by Crippen LogP contribution is -2.29. The number of nitrogens with zero attached hydrogens (tertiary/aromatic N) is 1. The minimum Gasteiger partial charge on any atom is -0.384 e. The molecule has 1 N–H and O–H groups in total. The summed E-state index contributed by atoms with van der Waals surface area (Å²) in [5.74, 6) is 0.203. The first-order chi connectivity index (χ1) is 8.36. The van der Waals surface area contributed by atoms with Crippen LogP contribution in [0, 0.1) is 0 Å². The van der Waals surface area contributed by atoms with Gasteiger partial charge in [0.1, 0.15) is 0 Å². The van der Waals surface area contributed by atoms with Gasteiger partial charge in [-0.3, -0.25) is 4.79 Å². The van der Waals surface area contributed by atoms with Gasteiger partial charge < -0.3 is 10.2 Å². The highest BCUT2D eigenvalue weighted by molar-refractivity contribution is 6.00. The van der Waals surface area contributed by atoms with Crippen LogP contribution in [0.4, 0.5) is 5.69 Å². The summed E-state index contributed by atoms with van der Waals surface area (Å²) in [6.45, 7) is 2.82. The number of fused-ring (bicyclic) bond motifs is 1. The summed E-state index contributed by atoms with van der Waals surface area (Å²) in [6.07, 6.45) is 4.54. The summed E-state index contributed by atoms with van der Waals surface area (Å²) in [4.78, 5) is 14.4. The fourth-order valence-electron chi connectivity index (χ4n) is 2.78. The summed E-state index contributed by atoms with van der Waals surface area (Å²) in [7, 11) is 0. The van der Waals surface area contributed by atoms with Gasteiger partial charge in [-0.2, -0.15) is 0 Å². The standard InChI is InChI=1S/C14H18N2O/c17-14(16-9-1-2-10-16)12-7-3-5-11-6-4-8-15-13(11)12/h3,5,7,15H,1-2,4,6,8-10H2. The maximum Gasteiger partial charge on any atom is 0.255 e. The normalized spacial score (nSPS) is 18.7. The molecule has 1 amide bonds. The Hall–Kier alpha value is -1.51. The van der Waals surface area contributed by atoms with E-state index in [1.807, 2.05) is 17.0 Å². The van der Waals surface area contributed by atoms with Gasteiger partial charge in [-0.25, -0.2) is 0 Å². The van der Waals surface area contributed by atoms with Crippen LogP contribution in [0.25, 0.3) is 0 Å². The van der Waals surface area contributed by atoms with Crippen LogP contribution in [0.5, 0.6) is 0 Å². The third kappa shape index (κ3) is 1.90. The molecule has 0 unspecified atom stereocenters. The summed E-state index contributed by atoms with van der Waals surface area (Å²) < 4.78 is 0. The van der Waals surface area contributed by atoms with Gasteiger partial charge in [0.2, 0.25) is 0 Å². The highest BCUT2D eigenvalue weighted by Crippen LogP contribution is 2.27. The van der Waals surface area contributed by atoms with Crippen molar-refractivity contribution in [2.75, 3.05) is 25.0 Å². The molecule has 1 aromatic rings. The van der Waals surface area contributed by atoms with Crippen molar-refractivity contribution < 1.29 is 4.79 Å². The molecule has 0 atom stereocenters. The van der Waals surface area contributed by atoms with Crippen LogP contribution in [0.3, 0.4) is 0 Å². The number of carbonyl (C=O) groups is 1. The molecule has 3 rings (SSSR count). The number of anilines is 1. The molecule has 2 aliphatic heterocycles. The van der Waals surface area contributed by atoms with E-state index in [1.54, 1.807) is 0 Å². The SMILES string of the molecule is O=C(c1cccc2c1NCCC2)N1CCCC1. The quantitative estimate of drug-likeness (QED) is 0.802. The summed E-state index contributed by atoms with van der Waals surface area (Å²) in [6, 6.07) is 6.09. The van der Waals surface area contributed by atoms with Gasteiger partial charge in [-0.05, 0) is 37.3 Å². The van der Waals surface area contributed by atoms with Crippen LogP contribution in [-0.2, 0) is 6.42 Å². The van der Waals surface area contributed by atoms with Gasteiger partial charge in [0, 0.05) is 19.6 Å². The van der Waals surface area contributed by atoms with Crippen molar-refractivity contribution in [1.29, 1.82) is 0 Å². The Morgan fingerprint density at radius 2 is 2.00 bits per heavy atom. The molecular weight excluding hydrogens is 212 g/mol. The van der Waals surface area contributed by atoms with Crippen LogP contribution in [0.15, 0.2) is 18.2 Å². The van der Waals surface area contributed by atoms with Gasteiger partial charge in [-0.1, -0.05) is 12.1 Å². The number of para-hydroxylation sites is 1. The van der Waals surface area contributed by atoms with Crippen molar-refractivity contribution in [2.24, 2.45) is 0 Å². The minimum absolute atomic E-state index is 0.203. The number of nitrogens with one attached hydrogen (secondary N) is 1. The molecule has 3 heteroatoms. The van der Waals surface area contributed by atoms with Crippen molar-refractivity contribution in [3.63, 3.8) is 0 Å². The third-order valence-corrected chi connectivity index (χ3v) is 3.70. The van der Waals surface area contributed by atoms with E-state index in [0.717, 1.165) is 56.6 Å². The molecule has 0 saturated carbocycles. The van der Waals surface area contributed by atoms with Crippen LogP contribution >= 0.6 is 0 Å². The first kappa shape index (κ1) is 10.6. The van der Waals surface area contributed by atoms with Gasteiger partial charge in [0.05, 0.1) is 11.3 Å². The zero-order chi connectivity index (χ0) is 11.7. The van der Waals surface area contributed by atoms with Crippen LogP contribution < -0.4 is 5.32 Å². The molecule has 0 aromatic heterocycles. The van der Waals surface area contributed by atoms with E-state index in [2.05, 4.69) is 11.4 Å². The van der Waals surface area contributed by atoms with Crippen molar-refractivity contribution >= 4 is 11.6 Å². The molecule has 3 nitrogen and oxygen atoms in total. The predicted octanol–water partition coefficient (Wildman–Crippen LogP) is 2.28. The molecular formula is C14H18N2O. The predicted molar refractivity (Wildman–Crippen MR) is 68.4 cm³/mol. The van der Waals surface area contributed by atoms with Crippen molar-refractivity contribution in [1.82, 2.24) is 4.90 Å². The van der Waals surface area contributed by atoms with E-state index in [4.69, 9.17) is 0 Å². The number of hydrogen-bond donors (Lipinski definition) is 1. The smallest absolute Gasteiger partial charge is 0.255 e. The molecule has 1 fully saturated rings. The monoisotopic (exact) mass is 230 g/mol. The Morgan fingerprint density at radius 1 is 1.18 bits per heavy atom. The Morgan fingerprint density at radius 3 is 2.82 bits per heavy atom. The molecule has 0 bridgehead atoms. The van der Waals surface area contributed by atoms with Crippen molar-refractivity contribution in [3.8, 4) is 0 Å². The number of likely N-dealkylation sites (tertiary alicyclic amines) is 1. The lowest BCUT2D eigenvalue weighted by molar-refractivity contribution is 0.0793. The van der Waals surface area contributed by atoms with E-state index in [0.29, 0.717) is 0 Å². The third-order valence-electron chi connectivity index (χ3n) is 3.70. The summed E-state index contributed by atoms with van der Waals surface area (Å²) in [5.41, 5.74) is 3.24. The fraction of sp³-hybridized carbons (Fsp3) is 0.500. The maximum absolute atomic E-state index is 12.4. The van der Waals surface area contributed by atoms with Gasteiger partial charge in [0.15, 0.2) is 0 Å². The second-order valence-corrected chi connectivity index (χ2v) is 4.87. The second-order valence-electron chi connectivity index (χ2n) is 4.87. The zero-order valence-electron chi connectivity index (χ0n) is 10.0. The summed E-state index contributed by atoms with van der Waals surface area (Å²) >= 11 is 0. The van der Waals surface area contributed by atoms with Crippen molar-refractivity contribution in [2.45, 2.75) is 25.7 Å². The molecule has 2 aliphatic rings. The first-order valence-corrected chi connectivity index (χ1v) is 6.51. The fourth-order valence-corrected chi connectivity index (χ4v) is 2.78. The van der Waals surface area contributed by atoms with E-state index < -0.39 is 0 Å². The number of benzene rings is 1. The molecule has 0 radical (unpaired) electrons. The number of amides is 1. The van der Waals surface area contributed by atoms with Gasteiger partial charge in [0.25, 0.3) is 5.91 Å². The molecule has 1 aromatic carbocycles.